The van der Waals surface area contributed by atoms with E-state index in [4.69, 9.17) is 0 Å². The lowest BCUT2D eigenvalue weighted by molar-refractivity contribution is 0.0781. The van der Waals surface area contributed by atoms with Crippen molar-refractivity contribution in [2.45, 2.75) is 16.5 Å². The first-order chi connectivity index (χ1) is 10.2. The molecule has 0 aliphatic carbocycles. The van der Waals surface area contributed by atoms with Crippen molar-refractivity contribution in [3.05, 3.63) is 53.7 Å². The number of hydrogen-bond acceptors (Lipinski definition) is 4. The minimum absolute atomic E-state index is 0.00129. The third-order valence-electron chi connectivity index (χ3n) is 3.12. The fraction of sp³-hybridized carbons (Fsp3) is 0.250. The number of pyridine rings is 1. The molecule has 0 spiro atoms. The monoisotopic (exact) mass is 318 g/mol. The first kappa shape index (κ1) is 15.9. The number of carbonyl (C=O) groups excluding carboxylic acids is 1. The van der Waals surface area contributed by atoms with Crippen LogP contribution >= 0.6 is 23.5 Å². The van der Waals surface area contributed by atoms with Crippen molar-refractivity contribution < 1.29 is 4.79 Å². The second-order valence-corrected chi connectivity index (χ2v) is 6.24. The van der Waals surface area contributed by atoms with Crippen LogP contribution in [-0.4, -0.2) is 35.4 Å². The lowest BCUT2D eigenvalue weighted by atomic mass is 10.2. The molecule has 0 bridgehead atoms. The molecule has 5 heteroatoms. The Hall–Kier alpha value is -1.46. The van der Waals surface area contributed by atoms with Gasteiger partial charge in [-0.15, -0.1) is 23.5 Å². The fourth-order valence-corrected chi connectivity index (χ4v) is 2.95. The van der Waals surface area contributed by atoms with Gasteiger partial charge in [-0.1, -0.05) is 12.1 Å². The average Bonchev–Trinajstić information content (AvgIpc) is 2.54. The number of carbonyl (C=O) groups is 1. The van der Waals surface area contributed by atoms with Crippen LogP contribution in [-0.2, 0) is 6.54 Å². The van der Waals surface area contributed by atoms with Gasteiger partial charge in [0.05, 0.1) is 5.56 Å². The van der Waals surface area contributed by atoms with E-state index in [2.05, 4.69) is 35.5 Å². The topological polar surface area (TPSA) is 33.2 Å². The first-order valence-corrected chi connectivity index (χ1v) is 8.98. The van der Waals surface area contributed by atoms with E-state index in [1.807, 2.05) is 19.4 Å². The van der Waals surface area contributed by atoms with Gasteiger partial charge in [0.2, 0.25) is 0 Å². The lowest BCUT2D eigenvalue weighted by Crippen LogP contribution is -2.26. The summed E-state index contributed by atoms with van der Waals surface area (Å²) in [6, 6.07) is 11.9. The maximum Gasteiger partial charge on any atom is 0.256 e. The zero-order chi connectivity index (χ0) is 15.2. The van der Waals surface area contributed by atoms with Crippen molar-refractivity contribution in [3.8, 4) is 0 Å². The average molecular weight is 318 g/mol. The maximum atomic E-state index is 12.5. The van der Waals surface area contributed by atoms with E-state index >= 15 is 0 Å². The Morgan fingerprint density at radius 1 is 1.14 bits per heavy atom. The number of hydrogen-bond donors (Lipinski definition) is 0. The molecule has 0 N–H and O–H groups in total. The lowest BCUT2D eigenvalue weighted by Gasteiger charge is -2.18. The van der Waals surface area contributed by atoms with Crippen LogP contribution < -0.4 is 0 Å². The number of amides is 1. The third kappa shape index (κ3) is 4.02. The summed E-state index contributed by atoms with van der Waals surface area (Å²) in [5.41, 5.74) is 1.78. The second-order valence-electron chi connectivity index (χ2n) is 4.57. The predicted octanol–water partition coefficient (Wildman–Crippen LogP) is 3.80. The maximum absolute atomic E-state index is 12.5. The molecule has 0 aliphatic rings. The Labute approximate surface area is 134 Å². The summed E-state index contributed by atoms with van der Waals surface area (Å²) >= 11 is 3.20. The van der Waals surface area contributed by atoms with Gasteiger partial charge in [-0.2, -0.15) is 0 Å². The molecule has 2 aromatic rings. The van der Waals surface area contributed by atoms with Crippen LogP contribution in [0.4, 0.5) is 0 Å². The molecule has 1 heterocycles. The van der Waals surface area contributed by atoms with Crippen molar-refractivity contribution >= 4 is 29.4 Å². The first-order valence-electron chi connectivity index (χ1n) is 6.53. The van der Waals surface area contributed by atoms with Crippen molar-refractivity contribution in [2.24, 2.45) is 0 Å². The zero-order valence-corrected chi connectivity index (χ0v) is 14.0. The molecule has 3 nitrogen and oxygen atoms in total. The standard InChI is InChI=1S/C16H18N2OS2/c1-18(11-12-6-8-13(20-2)9-7-12)16(19)14-5-4-10-17-15(14)21-3/h4-10H,11H2,1-3H3. The largest absolute Gasteiger partial charge is 0.337 e. The Morgan fingerprint density at radius 3 is 2.48 bits per heavy atom. The summed E-state index contributed by atoms with van der Waals surface area (Å²) in [5.74, 6) is 0.00129. The highest BCUT2D eigenvalue weighted by Gasteiger charge is 2.16. The van der Waals surface area contributed by atoms with Gasteiger partial charge < -0.3 is 4.90 Å². The third-order valence-corrected chi connectivity index (χ3v) is 4.58. The van der Waals surface area contributed by atoms with E-state index < -0.39 is 0 Å². The molecule has 110 valence electrons. The molecule has 2 rings (SSSR count). The smallest absolute Gasteiger partial charge is 0.256 e. The molecule has 0 unspecified atom stereocenters. The van der Waals surface area contributed by atoms with E-state index in [-0.39, 0.29) is 5.91 Å². The molecule has 0 saturated carbocycles. The van der Waals surface area contributed by atoms with E-state index in [0.29, 0.717) is 12.1 Å². The summed E-state index contributed by atoms with van der Waals surface area (Å²) in [4.78, 5) is 19.7. The molecular weight excluding hydrogens is 300 g/mol. The molecule has 0 saturated heterocycles. The van der Waals surface area contributed by atoms with Crippen molar-refractivity contribution in [1.82, 2.24) is 9.88 Å². The predicted molar refractivity (Wildman–Crippen MR) is 90.0 cm³/mol. The Balaban J connectivity index is 2.11. The van der Waals surface area contributed by atoms with Crippen LogP contribution in [0, 0.1) is 0 Å². The summed E-state index contributed by atoms with van der Waals surface area (Å²) in [6.45, 7) is 0.593. The van der Waals surface area contributed by atoms with Crippen LogP contribution in [0.15, 0.2) is 52.5 Å². The normalized spacial score (nSPS) is 10.4. The SMILES string of the molecule is CSc1ccc(CN(C)C(=O)c2cccnc2SC)cc1. The van der Waals surface area contributed by atoms with Gasteiger partial charge in [0.25, 0.3) is 5.91 Å². The van der Waals surface area contributed by atoms with E-state index in [9.17, 15) is 4.79 Å². The molecule has 0 fully saturated rings. The molecule has 0 aliphatic heterocycles. The number of rotatable bonds is 5. The quantitative estimate of drug-likeness (QED) is 0.785. The molecule has 0 radical (unpaired) electrons. The van der Waals surface area contributed by atoms with Crippen molar-refractivity contribution in [2.75, 3.05) is 19.6 Å². The Bertz CT molecular complexity index is 614. The van der Waals surface area contributed by atoms with Crippen LogP contribution in [0.1, 0.15) is 15.9 Å². The number of thioether (sulfide) groups is 2. The summed E-state index contributed by atoms with van der Waals surface area (Å²) in [7, 11) is 1.82. The van der Waals surface area contributed by atoms with E-state index in [1.165, 1.54) is 16.7 Å². The second kappa shape index (κ2) is 7.52. The highest BCUT2D eigenvalue weighted by molar-refractivity contribution is 7.98. The highest BCUT2D eigenvalue weighted by atomic mass is 32.2. The summed E-state index contributed by atoms with van der Waals surface area (Å²) < 4.78 is 0. The van der Waals surface area contributed by atoms with Gasteiger partial charge in [-0.05, 0) is 42.3 Å². The van der Waals surface area contributed by atoms with E-state index in [0.717, 1.165) is 10.6 Å². The molecular formula is C16H18N2OS2. The zero-order valence-electron chi connectivity index (χ0n) is 12.4. The van der Waals surface area contributed by atoms with Gasteiger partial charge in [-0.25, -0.2) is 4.98 Å². The number of aromatic nitrogens is 1. The van der Waals surface area contributed by atoms with Gasteiger partial charge >= 0.3 is 0 Å². The van der Waals surface area contributed by atoms with Crippen molar-refractivity contribution in [1.29, 1.82) is 0 Å². The minimum Gasteiger partial charge on any atom is -0.337 e. The molecule has 0 atom stereocenters. The van der Waals surface area contributed by atoms with Crippen LogP contribution in [0.2, 0.25) is 0 Å². The van der Waals surface area contributed by atoms with Crippen LogP contribution in [0.3, 0.4) is 0 Å². The van der Waals surface area contributed by atoms with Crippen LogP contribution in [0.25, 0.3) is 0 Å². The molecule has 1 aromatic carbocycles. The Morgan fingerprint density at radius 2 is 1.86 bits per heavy atom. The van der Waals surface area contributed by atoms with Gasteiger partial charge in [0.15, 0.2) is 0 Å². The molecule has 21 heavy (non-hydrogen) atoms. The van der Waals surface area contributed by atoms with E-state index in [1.54, 1.807) is 28.9 Å². The minimum atomic E-state index is 0.00129. The van der Waals surface area contributed by atoms with Gasteiger partial charge in [-0.3, -0.25) is 4.79 Å². The Kier molecular flexibility index (Phi) is 5.70. The molecule has 1 amide bonds. The van der Waals surface area contributed by atoms with Gasteiger partial charge in [0, 0.05) is 24.7 Å². The number of benzene rings is 1. The van der Waals surface area contributed by atoms with Crippen molar-refractivity contribution in [3.63, 3.8) is 0 Å². The van der Waals surface area contributed by atoms with Crippen LogP contribution in [0.5, 0.6) is 0 Å². The summed E-state index contributed by atoms with van der Waals surface area (Å²) in [5, 5.41) is 0.770. The van der Waals surface area contributed by atoms with Gasteiger partial charge in [0.1, 0.15) is 5.03 Å². The summed E-state index contributed by atoms with van der Waals surface area (Å²) in [6.07, 6.45) is 5.70. The highest BCUT2D eigenvalue weighted by Crippen LogP contribution is 2.20. The number of nitrogens with zero attached hydrogens (tertiary/aromatic N) is 2. The fourth-order valence-electron chi connectivity index (χ4n) is 2.00. The molecule has 1 aromatic heterocycles.